The van der Waals surface area contributed by atoms with E-state index in [1.54, 1.807) is 6.07 Å². The highest BCUT2D eigenvalue weighted by atomic mass is 79.9. The molecule has 0 spiro atoms. The van der Waals surface area contributed by atoms with Crippen molar-refractivity contribution in [1.29, 1.82) is 0 Å². The zero-order chi connectivity index (χ0) is 13.7. The van der Waals surface area contributed by atoms with Gasteiger partial charge < -0.3 is 5.32 Å². The van der Waals surface area contributed by atoms with E-state index in [-0.39, 0.29) is 11.7 Å². The van der Waals surface area contributed by atoms with Gasteiger partial charge in [-0.2, -0.15) is 0 Å². The fraction of sp³-hybridized carbons (Fsp3) is 0.600. The maximum absolute atomic E-state index is 13.8. The molecule has 2 atom stereocenters. The normalized spacial score (nSPS) is 14.8. The third kappa shape index (κ3) is 4.69. The third-order valence-corrected chi connectivity index (χ3v) is 3.81. The van der Waals surface area contributed by atoms with Crippen LogP contribution < -0.4 is 5.32 Å². The lowest BCUT2D eigenvalue weighted by atomic mass is 9.88. The van der Waals surface area contributed by atoms with Crippen molar-refractivity contribution < 1.29 is 4.39 Å². The zero-order valence-electron chi connectivity index (χ0n) is 11.6. The van der Waals surface area contributed by atoms with Crippen molar-refractivity contribution in [3.63, 3.8) is 0 Å². The summed E-state index contributed by atoms with van der Waals surface area (Å²) in [5.41, 5.74) is 0.795. The van der Waals surface area contributed by atoms with Crippen molar-refractivity contribution in [2.75, 3.05) is 13.1 Å². The molecule has 1 rings (SSSR count). The van der Waals surface area contributed by atoms with Gasteiger partial charge in [-0.3, -0.25) is 0 Å². The van der Waals surface area contributed by atoms with Crippen molar-refractivity contribution in [3.05, 3.63) is 34.1 Å². The van der Waals surface area contributed by atoms with Gasteiger partial charge in [0.25, 0.3) is 0 Å². The second-order valence-corrected chi connectivity index (χ2v) is 6.40. The highest BCUT2D eigenvalue weighted by Gasteiger charge is 2.17. The fourth-order valence-electron chi connectivity index (χ4n) is 1.95. The van der Waals surface area contributed by atoms with Crippen LogP contribution in [0.25, 0.3) is 0 Å². The Balaban J connectivity index is 2.62. The van der Waals surface area contributed by atoms with Crippen LogP contribution in [0.15, 0.2) is 22.7 Å². The maximum atomic E-state index is 13.8. The van der Waals surface area contributed by atoms with Gasteiger partial charge in [0, 0.05) is 4.47 Å². The zero-order valence-corrected chi connectivity index (χ0v) is 13.2. The van der Waals surface area contributed by atoms with Crippen molar-refractivity contribution >= 4 is 15.9 Å². The summed E-state index contributed by atoms with van der Waals surface area (Å²) in [6.45, 7) is 10.6. The van der Waals surface area contributed by atoms with Crippen LogP contribution in [0, 0.1) is 17.7 Å². The monoisotopic (exact) mass is 315 g/mol. The Hall–Kier alpha value is -0.410. The van der Waals surface area contributed by atoms with E-state index in [0.717, 1.165) is 23.1 Å². The minimum atomic E-state index is -0.110. The Labute approximate surface area is 118 Å². The molecule has 1 nitrogen and oxygen atoms in total. The van der Waals surface area contributed by atoms with Crippen LogP contribution >= 0.6 is 15.9 Å². The van der Waals surface area contributed by atoms with Crippen molar-refractivity contribution in [3.8, 4) is 0 Å². The van der Waals surface area contributed by atoms with Crippen molar-refractivity contribution in [1.82, 2.24) is 5.32 Å². The Kier molecular flexibility index (Phi) is 6.30. The van der Waals surface area contributed by atoms with Crippen molar-refractivity contribution in [2.24, 2.45) is 11.8 Å². The summed E-state index contributed by atoms with van der Waals surface area (Å²) >= 11 is 3.40. The number of nitrogens with one attached hydrogen (secondary N) is 1. The molecule has 0 bridgehead atoms. The molecule has 3 heteroatoms. The summed E-state index contributed by atoms with van der Waals surface area (Å²) in [6.07, 6.45) is 0. The number of hydrogen-bond acceptors (Lipinski definition) is 1. The van der Waals surface area contributed by atoms with Gasteiger partial charge in [-0.1, -0.05) is 43.6 Å². The number of hydrogen-bond donors (Lipinski definition) is 1. The molecule has 0 aromatic heterocycles. The third-order valence-electron chi connectivity index (χ3n) is 3.32. The molecule has 0 heterocycles. The lowest BCUT2D eigenvalue weighted by Crippen LogP contribution is -2.27. The summed E-state index contributed by atoms with van der Waals surface area (Å²) in [6, 6.07) is 5.16. The van der Waals surface area contributed by atoms with Crippen LogP contribution in [-0.2, 0) is 0 Å². The molecule has 0 aliphatic heterocycles. The van der Waals surface area contributed by atoms with E-state index < -0.39 is 0 Å². The molecular formula is C15H23BrFN. The Morgan fingerprint density at radius 1 is 1.17 bits per heavy atom. The Bertz CT molecular complexity index is 379. The minimum Gasteiger partial charge on any atom is -0.316 e. The van der Waals surface area contributed by atoms with Gasteiger partial charge in [-0.05, 0) is 54.6 Å². The average molecular weight is 316 g/mol. The predicted octanol–water partition coefficient (Wildman–Crippen LogP) is 4.57. The highest BCUT2D eigenvalue weighted by molar-refractivity contribution is 9.10. The van der Waals surface area contributed by atoms with Gasteiger partial charge in [-0.25, -0.2) is 4.39 Å². The van der Waals surface area contributed by atoms with E-state index in [2.05, 4.69) is 48.9 Å². The first kappa shape index (κ1) is 15.6. The molecule has 0 aliphatic carbocycles. The van der Waals surface area contributed by atoms with Crippen LogP contribution in [0.2, 0.25) is 0 Å². The molecule has 1 aromatic carbocycles. The van der Waals surface area contributed by atoms with E-state index in [1.807, 2.05) is 6.07 Å². The first-order chi connectivity index (χ1) is 8.41. The van der Waals surface area contributed by atoms with Gasteiger partial charge >= 0.3 is 0 Å². The van der Waals surface area contributed by atoms with Gasteiger partial charge in [0.05, 0.1) is 0 Å². The van der Waals surface area contributed by atoms with Crippen LogP contribution in [-0.4, -0.2) is 13.1 Å². The molecule has 0 aliphatic rings. The van der Waals surface area contributed by atoms with Crippen LogP contribution in [0.3, 0.4) is 0 Å². The van der Waals surface area contributed by atoms with Crippen LogP contribution in [0.4, 0.5) is 4.39 Å². The second kappa shape index (κ2) is 7.25. The Morgan fingerprint density at radius 2 is 1.83 bits per heavy atom. The number of halogens is 2. The summed E-state index contributed by atoms with van der Waals surface area (Å²) in [5, 5.41) is 3.44. The molecule has 0 amide bonds. The van der Waals surface area contributed by atoms with Crippen molar-refractivity contribution in [2.45, 2.75) is 33.6 Å². The predicted molar refractivity (Wildman–Crippen MR) is 79.4 cm³/mol. The van der Waals surface area contributed by atoms with E-state index in [1.165, 1.54) is 6.07 Å². The fourth-order valence-corrected chi connectivity index (χ4v) is 2.33. The first-order valence-electron chi connectivity index (χ1n) is 6.57. The maximum Gasteiger partial charge on any atom is 0.126 e. The SMILES string of the molecule is CC(C)CNCC(C)C(C)c1cc(Br)ccc1F. The minimum absolute atomic E-state index is 0.110. The lowest BCUT2D eigenvalue weighted by Gasteiger charge is -2.22. The quantitative estimate of drug-likeness (QED) is 0.810. The molecule has 18 heavy (non-hydrogen) atoms. The van der Waals surface area contributed by atoms with Gasteiger partial charge in [0.2, 0.25) is 0 Å². The van der Waals surface area contributed by atoms with Crippen LogP contribution in [0.5, 0.6) is 0 Å². The standard InChI is InChI=1S/C15H23BrFN/c1-10(2)8-18-9-11(3)12(4)14-7-13(16)5-6-15(14)17/h5-7,10-12,18H,8-9H2,1-4H3. The largest absolute Gasteiger partial charge is 0.316 e. The van der Waals surface area contributed by atoms with Gasteiger partial charge in [0.15, 0.2) is 0 Å². The van der Waals surface area contributed by atoms with Gasteiger partial charge in [0.1, 0.15) is 5.82 Å². The first-order valence-corrected chi connectivity index (χ1v) is 7.36. The summed E-state index contributed by atoms with van der Waals surface area (Å²) in [7, 11) is 0. The molecular weight excluding hydrogens is 293 g/mol. The highest BCUT2D eigenvalue weighted by Crippen LogP contribution is 2.28. The van der Waals surface area contributed by atoms with E-state index in [4.69, 9.17) is 0 Å². The topological polar surface area (TPSA) is 12.0 Å². The molecule has 0 radical (unpaired) electrons. The molecule has 0 saturated carbocycles. The molecule has 1 aromatic rings. The van der Waals surface area contributed by atoms with E-state index in [9.17, 15) is 4.39 Å². The van der Waals surface area contributed by atoms with E-state index in [0.29, 0.717) is 11.8 Å². The summed E-state index contributed by atoms with van der Waals surface area (Å²) in [4.78, 5) is 0. The molecule has 1 N–H and O–H groups in total. The average Bonchev–Trinajstić information content (AvgIpc) is 2.30. The molecule has 102 valence electrons. The Morgan fingerprint density at radius 3 is 2.44 bits per heavy atom. The molecule has 0 saturated heterocycles. The lowest BCUT2D eigenvalue weighted by molar-refractivity contribution is 0.418. The number of rotatable bonds is 6. The van der Waals surface area contributed by atoms with Gasteiger partial charge in [-0.15, -0.1) is 0 Å². The van der Waals surface area contributed by atoms with E-state index >= 15 is 0 Å². The summed E-state index contributed by atoms with van der Waals surface area (Å²) < 4.78 is 14.7. The number of benzene rings is 1. The summed E-state index contributed by atoms with van der Waals surface area (Å²) in [5.74, 6) is 1.16. The molecule has 0 fully saturated rings. The smallest absolute Gasteiger partial charge is 0.126 e. The second-order valence-electron chi connectivity index (χ2n) is 5.48. The van der Waals surface area contributed by atoms with Crippen LogP contribution in [0.1, 0.15) is 39.2 Å². The molecule has 2 unspecified atom stereocenters.